The van der Waals surface area contributed by atoms with Gasteiger partial charge in [0.05, 0.1) is 12.7 Å². The molecule has 0 spiro atoms. The highest BCUT2D eigenvalue weighted by atomic mass is 16.5. The molecule has 1 aliphatic rings. The van der Waals surface area contributed by atoms with Crippen LogP contribution in [0, 0.1) is 0 Å². The Labute approximate surface area is 140 Å². The smallest absolute Gasteiger partial charge is 0.255 e. The number of ether oxygens (including phenoxy) is 1. The number of carbonyl (C=O) groups is 2. The molecule has 0 saturated carbocycles. The van der Waals surface area contributed by atoms with Crippen molar-refractivity contribution < 1.29 is 14.3 Å². The van der Waals surface area contributed by atoms with Crippen LogP contribution in [0.5, 0.6) is 0 Å². The molecule has 1 aromatic carbocycles. The van der Waals surface area contributed by atoms with Gasteiger partial charge in [0.2, 0.25) is 0 Å². The van der Waals surface area contributed by atoms with Crippen molar-refractivity contribution in [2.45, 2.75) is 13.0 Å². The molecule has 1 atom stereocenters. The van der Waals surface area contributed by atoms with E-state index in [0.717, 1.165) is 0 Å². The molecule has 6 heteroatoms. The van der Waals surface area contributed by atoms with Crippen molar-refractivity contribution in [1.29, 1.82) is 0 Å². The van der Waals surface area contributed by atoms with E-state index in [1.807, 2.05) is 6.92 Å². The van der Waals surface area contributed by atoms with E-state index in [1.54, 1.807) is 53.7 Å². The highest BCUT2D eigenvalue weighted by Gasteiger charge is 2.22. The summed E-state index contributed by atoms with van der Waals surface area (Å²) in [5.41, 5.74) is 1.66. The van der Waals surface area contributed by atoms with E-state index in [2.05, 4.69) is 10.3 Å². The van der Waals surface area contributed by atoms with Gasteiger partial charge in [-0.1, -0.05) is 6.07 Å². The summed E-state index contributed by atoms with van der Waals surface area (Å²) in [6.07, 6.45) is 3.17. The van der Waals surface area contributed by atoms with E-state index >= 15 is 0 Å². The fourth-order valence-electron chi connectivity index (χ4n) is 2.62. The average molecular weight is 325 g/mol. The lowest BCUT2D eigenvalue weighted by Crippen LogP contribution is -2.44. The third-order valence-corrected chi connectivity index (χ3v) is 3.84. The summed E-state index contributed by atoms with van der Waals surface area (Å²) in [5, 5.41) is 2.80. The third-order valence-electron chi connectivity index (χ3n) is 3.84. The number of amides is 2. The fraction of sp³-hybridized carbons (Fsp3) is 0.278. The van der Waals surface area contributed by atoms with Gasteiger partial charge in [-0.25, -0.2) is 0 Å². The summed E-state index contributed by atoms with van der Waals surface area (Å²) < 4.78 is 5.46. The first-order chi connectivity index (χ1) is 11.6. The Balaban J connectivity index is 1.72. The maximum absolute atomic E-state index is 12.6. The first-order valence-electron chi connectivity index (χ1n) is 7.86. The number of hydrogen-bond donors (Lipinski definition) is 1. The highest BCUT2D eigenvalue weighted by molar-refractivity contribution is 6.05. The molecule has 1 saturated heterocycles. The SMILES string of the molecule is CC1CN(C(=O)c2cccc(NC(=O)c3ccncc3)c2)CCO1. The molecule has 1 aliphatic heterocycles. The van der Waals surface area contributed by atoms with Crippen LogP contribution in [0.25, 0.3) is 0 Å². The number of nitrogens with zero attached hydrogens (tertiary/aromatic N) is 2. The van der Waals surface area contributed by atoms with Crippen LogP contribution < -0.4 is 5.32 Å². The Morgan fingerprint density at radius 2 is 2.00 bits per heavy atom. The van der Waals surface area contributed by atoms with Gasteiger partial charge >= 0.3 is 0 Å². The van der Waals surface area contributed by atoms with E-state index in [0.29, 0.717) is 36.5 Å². The first-order valence-corrected chi connectivity index (χ1v) is 7.86. The van der Waals surface area contributed by atoms with Crippen LogP contribution >= 0.6 is 0 Å². The Kier molecular flexibility index (Phi) is 4.86. The van der Waals surface area contributed by atoms with Gasteiger partial charge in [-0.2, -0.15) is 0 Å². The molecule has 1 aromatic heterocycles. The van der Waals surface area contributed by atoms with Crippen molar-refractivity contribution in [3.63, 3.8) is 0 Å². The Morgan fingerprint density at radius 3 is 2.75 bits per heavy atom. The molecule has 1 unspecified atom stereocenters. The van der Waals surface area contributed by atoms with E-state index in [-0.39, 0.29) is 17.9 Å². The van der Waals surface area contributed by atoms with Crippen molar-refractivity contribution in [3.05, 3.63) is 59.9 Å². The first kappa shape index (κ1) is 16.1. The van der Waals surface area contributed by atoms with E-state index in [1.165, 1.54) is 0 Å². The lowest BCUT2D eigenvalue weighted by Gasteiger charge is -2.31. The van der Waals surface area contributed by atoms with Gasteiger partial charge in [0.1, 0.15) is 0 Å². The molecule has 1 N–H and O–H groups in total. The largest absolute Gasteiger partial charge is 0.375 e. The highest BCUT2D eigenvalue weighted by Crippen LogP contribution is 2.16. The number of hydrogen-bond acceptors (Lipinski definition) is 4. The molecule has 2 heterocycles. The van der Waals surface area contributed by atoms with Gasteiger partial charge in [0, 0.05) is 42.3 Å². The maximum Gasteiger partial charge on any atom is 0.255 e. The quantitative estimate of drug-likeness (QED) is 0.939. The van der Waals surface area contributed by atoms with Crippen LogP contribution in [0.15, 0.2) is 48.8 Å². The molecule has 6 nitrogen and oxygen atoms in total. The summed E-state index contributed by atoms with van der Waals surface area (Å²) in [7, 11) is 0. The summed E-state index contributed by atoms with van der Waals surface area (Å²) in [6, 6.07) is 10.3. The number of benzene rings is 1. The van der Waals surface area contributed by atoms with Crippen LogP contribution in [0.3, 0.4) is 0 Å². The maximum atomic E-state index is 12.6. The minimum Gasteiger partial charge on any atom is -0.375 e. The predicted octanol–water partition coefficient (Wildman–Crippen LogP) is 2.19. The summed E-state index contributed by atoms with van der Waals surface area (Å²) in [4.78, 5) is 30.5. The molecule has 124 valence electrons. The molecule has 24 heavy (non-hydrogen) atoms. The van der Waals surface area contributed by atoms with Crippen molar-refractivity contribution in [2.75, 3.05) is 25.0 Å². The Bertz CT molecular complexity index is 733. The molecular weight excluding hydrogens is 306 g/mol. The molecule has 3 rings (SSSR count). The molecule has 1 fully saturated rings. The van der Waals surface area contributed by atoms with E-state index in [4.69, 9.17) is 4.74 Å². The van der Waals surface area contributed by atoms with Crippen molar-refractivity contribution in [3.8, 4) is 0 Å². The number of carbonyl (C=O) groups excluding carboxylic acids is 2. The van der Waals surface area contributed by atoms with Gasteiger partial charge in [0.25, 0.3) is 11.8 Å². The normalized spacial score (nSPS) is 17.4. The van der Waals surface area contributed by atoms with Crippen LogP contribution in [0.1, 0.15) is 27.6 Å². The van der Waals surface area contributed by atoms with Gasteiger partial charge < -0.3 is 15.0 Å². The standard InChI is InChI=1S/C18H19N3O3/c1-13-12-21(9-10-24-13)18(23)15-3-2-4-16(11-15)20-17(22)14-5-7-19-8-6-14/h2-8,11,13H,9-10,12H2,1H3,(H,20,22). The number of nitrogens with one attached hydrogen (secondary N) is 1. The minimum atomic E-state index is -0.234. The lowest BCUT2D eigenvalue weighted by molar-refractivity contribution is -0.0124. The number of rotatable bonds is 3. The number of morpholine rings is 1. The predicted molar refractivity (Wildman–Crippen MR) is 89.9 cm³/mol. The summed E-state index contributed by atoms with van der Waals surface area (Å²) >= 11 is 0. The van der Waals surface area contributed by atoms with Crippen molar-refractivity contribution in [2.24, 2.45) is 0 Å². The molecule has 0 aliphatic carbocycles. The second-order valence-corrected chi connectivity index (χ2v) is 5.70. The molecule has 0 radical (unpaired) electrons. The second kappa shape index (κ2) is 7.23. The molecule has 2 amide bonds. The monoisotopic (exact) mass is 325 g/mol. The van der Waals surface area contributed by atoms with Gasteiger partial charge in [-0.05, 0) is 37.3 Å². The molecule has 0 bridgehead atoms. The fourth-order valence-corrected chi connectivity index (χ4v) is 2.62. The Morgan fingerprint density at radius 1 is 1.21 bits per heavy atom. The van der Waals surface area contributed by atoms with Crippen molar-refractivity contribution in [1.82, 2.24) is 9.88 Å². The molecular formula is C18H19N3O3. The average Bonchev–Trinajstić information content (AvgIpc) is 2.62. The minimum absolute atomic E-state index is 0.0391. The van der Waals surface area contributed by atoms with Crippen LogP contribution in [-0.4, -0.2) is 47.5 Å². The number of aromatic nitrogens is 1. The van der Waals surface area contributed by atoms with E-state index in [9.17, 15) is 9.59 Å². The molecule has 2 aromatic rings. The van der Waals surface area contributed by atoms with Gasteiger partial charge in [0.15, 0.2) is 0 Å². The van der Waals surface area contributed by atoms with Crippen LogP contribution in [-0.2, 0) is 4.74 Å². The van der Waals surface area contributed by atoms with Gasteiger partial charge in [-0.3, -0.25) is 14.6 Å². The zero-order valence-electron chi connectivity index (χ0n) is 13.4. The Hall–Kier alpha value is -2.73. The lowest BCUT2D eigenvalue weighted by atomic mass is 10.1. The summed E-state index contributed by atoms with van der Waals surface area (Å²) in [5.74, 6) is -0.285. The third kappa shape index (κ3) is 3.78. The zero-order valence-corrected chi connectivity index (χ0v) is 13.4. The van der Waals surface area contributed by atoms with Gasteiger partial charge in [-0.15, -0.1) is 0 Å². The topological polar surface area (TPSA) is 71.5 Å². The van der Waals surface area contributed by atoms with Crippen molar-refractivity contribution >= 4 is 17.5 Å². The summed E-state index contributed by atoms with van der Waals surface area (Å²) in [6.45, 7) is 3.65. The van der Waals surface area contributed by atoms with E-state index < -0.39 is 0 Å². The number of anilines is 1. The zero-order chi connectivity index (χ0) is 16.9. The second-order valence-electron chi connectivity index (χ2n) is 5.70. The number of pyridine rings is 1. The van der Waals surface area contributed by atoms with Crippen LogP contribution in [0.2, 0.25) is 0 Å². The van der Waals surface area contributed by atoms with Crippen LogP contribution in [0.4, 0.5) is 5.69 Å².